The van der Waals surface area contributed by atoms with Crippen LogP contribution in [0.3, 0.4) is 0 Å². The smallest absolute Gasteiger partial charge is 0.218 e. The van der Waals surface area contributed by atoms with Gasteiger partial charge in [-0.05, 0) is 33.4 Å². The fourth-order valence-electron chi connectivity index (χ4n) is 16.2. The lowest BCUT2D eigenvalue weighted by Crippen LogP contribution is -3.21. The van der Waals surface area contributed by atoms with Gasteiger partial charge in [0.05, 0.1) is 91.5 Å². The normalized spacial score (nSPS) is 28.8. The van der Waals surface area contributed by atoms with E-state index in [9.17, 15) is 64.4 Å². The molecule has 5 aliphatic rings. The Hall–Kier alpha value is -7.39. The summed E-state index contributed by atoms with van der Waals surface area (Å²) >= 11 is 0. The molecule has 31 nitrogen and oxygen atoms in total. The summed E-state index contributed by atoms with van der Waals surface area (Å²) < 4.78 is 181. The first-order valence-electron chi connectivity index (χ1n) is 40.6. The van der Waals surface area contributed by atoms with Crippen molar-refractivity contribution >= 4 is 31.2 Å². The van der Waals surface area contributed by atoms with E-state index in [0.717, 1.165) is 54.3 Å². The van der Waals surface area contributed by atoms with Crippen LogP contribution in [-0.4, -0.2) is 246 Å². The Bertz CT molecular complexity index is 4410. The molecule has 8 aromatic carbocycles. The molecule has 6 unspecified atom stereocenters. The van der Waals surface area contributed by atoms with Gasteiger partial charge < -0.3 is 106 Å². The summed E-state index contributed by atoms with van der Waals surface area (Å²) in [6.07, 6.45) is -14.1. The first kappa shape index (κ1) is 95.3. The molecule has 5 fully saturated rings. The van der Waals surface area contributed by atoms with Gasteiger partial charge >= 0.3 is 0 Å². The summed E-state index contributed by atoms with van der Waals surface area (Å²) in [5.41, 5.74) is 7.91. The summed E-state index contributed by atoms with van der Waals surface area (Å²) in [4.78, 5) is 2.39. The van der Waals surface area contributed by atoms with Crippen molar-refractivity contribution in [2.24, 2.45) is 11.8 Å². The third kappa shape index (κ3) is 29.6. The third-order valence-corrected chi connectivity index (χ3v) is 23.9. The number of nitrogens with one attached hydrogen (secondary N) is 3. The van der Waals surface area contributed by atoms with Gasteiger partial charge in [0, 0.05) is 23.0 Å². The molecular weight excluding hydrogens is 1640 g/mol. The fraction of sp³-hybridized carbons (Fsp3) is 0.455. The number of benzene rings is 8. The molecular formula is C88H111N3O28S3. The van der Waals surface area contributed by atoms with Crippen LogP contribution in [0.1, 0.15) is 70.9 Å². The third-order valence-electron chi connectivity index (χ3n) is 22.5. The molecule has 23 atom stereocenters. The van der Waals surface area contributed by atoms with Crippen molar-refractivity contribution in [2.75, 3.05) is 78.9 Å². The van der Waals surface area contributed by atoms with Crippen LogP contribution in [0.5, 0.6) is 0 Å². The van der Waals surface area contributed by atoms with Crippen LogP contribution in [0.4, 0.5) is 0 Å². The fourth-order valence-corrected chi connectivity index (χ4v) is 17.6. The summed E-state index contributed by atoms with van der Waals surface area (Å²) in [5, 5.41) is 57.0. The zero-order valence-electron chi connectivity index (χ0n) is 67.8. The van der Waals surface area contributed by atoms with Gasteiger partial charge in [-0.2, -0.15) is 0 Å². The van der Waals surface area contributed by atoms with E-state index in [4.69, 9.17) is 60.8 Å². The SMILES string of the molecule is C[C@H]1[C@H](OCc2ccccc2)[C@@H](OCc2ccccc2)C[NH+](C[C@@H]2OC(c3ccccc3)OC[C@H]2OS(=O)(=O)[O-])[C@@H]1COCc1ccccc1.C[C@H]1[C@H](OCc2ccccc2)[C@@H](OCc2ccccc2)C[NH+](C[C@H]2OC(c3ccccc3)OCC2OS(=O)(=O)[O-])[C@@H]1COCc1ccccc1.O=S(=O)([O-])O[C@@H](CO)[C@H](O)C[NH+]1C[C@H](O)[C@@H](O)[C@H](O)[C@H]1CO. The van der Waals surface area contributed by atoms with E-state index in [-0.39, 0.29) is 79.5 Å². The van der Waals surface area contributed by atoms with Gasteiger partial charge in [0.2, 0.25) is 31.2 Å². The second-order valence-electron chi connectivity index (χ2n) is 31.0. The second kappa shape index (κ2) is 47.3. The molecule has 0 amide bonds. The van der Waals surface area contributed by atoms with Gasteiger partial charge in [-0.15, -0.1) is 0 Å². The number of hydrogen-bond acceptors (Lipinski definition) is 28. The molecule has 5 heterocycles. The van der Waals surface area contributed by atoms with Gasteiger partial charge in [-0.3, -0.25) is 12.5 Å². The lowest BCUT2D eigenvalue weighted by molar-refractivity contribution is -0.944. The van der Waals surface area contributed by atoms with Crippen LogP contribution in [0.15, 0.2) is 243 Å². The maximum atomic E-state index is 11.8. The monoisotopic (exact) mass is 1750 g/mol. The van der Waals surface area contributed by atoms with Crippen molar-refractivity contribution in [2.45, 2.75) is 164 Å². The molecule has 0 radical (unpaired) electrons. The average Bonchev–Trinajstić information content (AvgIpc) is 0.787. The van der Waals surface area contributed by atoms with E-state index in [1.165, 1.54) is 0 Å². The lowest BCUT2D eigenvalue weighted by Gasteiger charge is -2.47. The van der Waals surface area contributed by atoms with Gasteiger partial charge in [0.1, 0.15) is 125 Å². The molecule has 0 aromatic heterocycles. The van der Waals surface area contributed by atoms with Gasteiger partial charge in [0.25, 0.3) is 0 Å². The molecule has 122 heavy (non-hydrogen) atoms. The van der Waals surface area contributed by atoms with Crippen LogP contribution >= 0.6 is 0 Å². The highest BCUT2D eigenvalue weighted by atomic mass is 32.3. The highest BCUT2D eigenvalue weighted by molar-refractivity contribution is 7.81. The van der Waals surface area contributed by atoms with Crippen LogP contribution in [0.2, 0.25) is 0 Å². The highest BCUT2D eigenvalue weighted by Crippen LogP contribution is 2.33. The number of likely N-dealkylation sites (tertiary alicyclic amines) is 3. The topological polar surface area (TPSA) is 426 Å². The molecule has 8 aromatic rings. The number of piperidine rings is 3. The number of rotatable bonds is 37. The maximum Gasteiger partial charge on any atom is 0.218 e. The van der Waals surface area contributed by atoms with Crippen LogP contribution in [0.25, 0.3) is 0 Å². The lowest BCUT2D eigenvalue weighted by atomic mass is 9.85. The first-order chi connectivity index (χ1) is 58.7. The molecule has 0 bridgehead atoms. The van der Waals surface area contributed by atoms with Gasteiger partial charge in [0.15, 0.2) is 12.6 Å². The molecule has 9 N–H and O–H groups in total. The Labute approximate surface area is 712 Å². The number of aliphatic hydroxyl groups is 6. The summed E-state index contributed by atoms with van der Waals surface area (Å²) in [7, 11) is -15.2. The minimum atomic E-state index is -5.14. The van der Waals surface area contributed by atoms with Crippen molar-refractivity contribution in [3.63, 3.8) is 0 Å². The summed E-state index contributed by atoms with van der Waals surface area (Å²) in [6.45, 7) is 7.02. The molecule has 5 saturated heterocycles. The van der Waals surface area contributed by atoms with Crippen LogP contribution in [0, 0.1) is 11.8 Å². The standard InChI is InChI=1S/2C39H45NO9S.C10H21NO10S/c2*1-29-34(27-44-24-30-14-6-2-7-15-30)40(22-35-37(49-50(41,42)43)28-47-39(48-35)33-20-12-5-13-21-33)23-36(45-25-31-16-8-3-9-17-31)38(29)46-26-32-18-10-4-11-19-32;12-3-5-9(16)10(17)7(15)2-11(5)1-6(14)8(4-13)21-22(18,19)20/h2*2-21,29,34-39H,22-28H2,1H3,(H,41,42,43);5-10,12-17H,1-4H2,(H,18,19,20)/t29-,34-,35+,36+,37-,38+,39?;29-,34-,35-,36+,37?,38+,39?;5-,6-,7+,8+,9-,10-/m111/s1. The number of ether oxygens (including phenoxy) is 10. The van der Waals surface area contributed by atoms with E-state index in [2.05, 4.69) is 18.0 Å². The van der Waals surface area contributed by atoms with E-state index in [0.29, 0.717) is 79.0 Å². The molecule has 13 rings (SSSR count). The number of quaternary nitrogens is 3. The quantitative estimate of drug-likeness (QED) is 0.0199. The number of aliphatic hydroxyl groups excluding tert-OH is 6. The predicted molar refractivity (Wildman–Crippen MR) is 436 cm³/mol. The minimum absolute atomic E-state index is 0.0496. The molecule has 0 aliphatic carbocycles. The Balaban J connectivity index is 0.000000192. The second-order valence-corrected chi connectivity index (χ2v) is 34.1. The maximum absolute atomic E-state index is 11.8. The van der Waals surface area contributed by atoms with E-state index in [1.807, 2.05) is 243 Å². The predicted octanol–water partition coefficient (Wildman–Crippen LogP) is 2.00. The largest absolute Gasteiger partial charge is 0.726 e. The van der Waals surface area contributed by atoms with E-state index in [1.54, 1.807) is 0 Å². The van der Waals surface area contributed by atoms with Crippen LogP contribution < -0.4 is 14.7 Å². The van der Waals surface area contributed by atoms with Gasteiger partial charge in [-0.1, -0.05) is 257 Å². The number of hydrogen-bond donors (Lipinski definition) is 9. The van der Waals surface area contributed by atoms with Crippen molar-refractivity contribution in [3.8, 4) is 0 Å². The van der Waals surface area contributed by atoms with E-state index < -0.39 is 118 Å². The van der Waals surface area contributed by atoms with Crippen molar-refractivity contribution < 1.29 is 144 Å². The zero-order valence-corrected chi connectivity index (χ0v) is 70.2. The molecule has 34 heteroatoms. The van der Waals surface area contributed by atoms with Crippen molar-refractivity contribution in [1.82, 2.24) is 0 Å². The molecule has 664 valence electrons. The zero-order chi connectivity index (χ0) is 86.6. The Morgan fingerprint density at radius 2 is 0.738 bits per heavy atom. The summed E-state index contributed by atoms with van der Waals surface area (Å²) in [6, 6.07) is 77.8. The Morgan fingerprint density at radius 1 is 0.410 bits per heavy atom. The summed E-state index contributed by atoms with van der Waals surface area (Å²) in [5.74, 6) is -0.0993. The highest BCUT2D eigenvalue weighted by Gasteiger charge is 2.52. The Kier molecular flexibility index (Phi) is 36.9. The van der Waals surface area contributed by atoms with Crippen LogP contribution in [-0.2, 0) is 131 Å². The van der Waals surface area contributed by atoms with Crippen molar-refractivity contribution in [3.05, 3.63) is 287 Å². The molecule has 0 spiro atoms. The Morgan fingerprint density at radius 3 is 1.06 bits per heavy atom. The van der Waals surface area contributed by atoms with Crippen molar-refractivity contribution in [1.29, 1.82) is 0 Å². The minimum Gasteiger partial charge on any atom is -0.726 e. The molecule has 0 saturated carbocycles. The van der Waals surface area contributed by atoms with Gasteiger partial charge in [-0.25, -0.2) is 25.3 Å². The van der Waals surface area contributed by atoms with E-state index >= 15 is 0 Å². The molecule has 5 aliphatic heterocycles. The average molecular weight is 1760 g/mol. The first-order valence-corrected chi connectivity index (χ1v) is 44.6.